The van der Waals surface area contributed by atoms with Crippen LogP contribution in [0.25, 0.3) is 0 Å². The number of benzene rings is 1. The van der Waals surface area contributed by atoms with Crippen molar-refractivity contribution in [3.05, 3.63) is 53.9 Å². The number of urea groups is 1. The number of aromatic nitrogens is 2. The van der Waals surface area contributed by atoms with Crippen molar-refractivity contribution in [3.8, 4) is 0 Å². The van der Waals surface area contributed by atoms with E-state index in [1.807, 2.05) is 29.1 Å². The fourth-order valence-electron chi connectivity index (χ4n) is 4.90. The van der Waals surface area contributed by atoms with Crippen molar-refractivity contribution in [2.45, 2.75) is 51.7 Å². The molecule has 0 saturated heterocycles. The molecular formula is C21H28N4O. The number of carbonyl (C=O) groups excluding carboxylic acids is 1. The van der Waals surface area contributed by atoms with Crippen molar-refractivity contribution in [1.82, 2.24) is 20.4 Å². The SMILES string of the molecule is CC(NC(=O)NCc1ccccc1Cn1cccn1)C1CC2CCC1C2. The highest BCUT2D eigenvalue weighted by Crippen LogP contribution is 2.49. The second-order valence-electron chi connectivity index (χ2n) is 7.93. The first kappa shape index (κ1) is 17.1. The number of hydrogen-bond acceptors (Lipinski definition) is 2. The maximum absolute atomic E-state index is 12.4. The lowest BCUT2D eigenvalue weighted by Gasteiger charge is -2.28. The summed E-state index contributed by atoms with van der Waals surface area (Å²) in [6.07, 6.45) is 9.15. The summed E-state index contributed by atoms with van der Waals surface area (Å²) in [7, 11) is 0. The number of amides is 2. The molecule has 4 atom stereocenters. The molecule has 2 saturated carbocycles. The van der Waals surface area contributed by atoms with Crippen LogP contribution in [0.5, 0.6) is 0 Å². The van der Waals surface area contributed by atoms with Crippen LogP contribution in [0.2, 0.25) is 0 Å². The summed E-state index contributed by atoms with van der Waals surface area (Å²) in [5.41, 5.74) is 2.31. The van der Waals surface area contributed by atoms with Crippen molar-refractivity contribution in [1.29, 1.82) is 0 Å². The van der Waals surface area contributed by atoms with E-state index in [4.69, 9.17) is 0 Å². The normalized spacial score (nSPS) is 25.2. The second-order valence-corrected chi connectivity index (χ2v) is 7.93. The molecule has 138 valence electrons. The highest BCUT2D eigenvalue weighted by molar-refractivity contribution is 5.74. The van der Waals surface area contributed by atoms with Gasteiger partial charge in [-0.15, -0.1) is 0 Å². The standard InChI is InChI=1S/C21H28N4O/c1-15(20-12-16-7-8-17(20)11-16)24-21(26)22-13-18-5-2-3-6-19(18)14-25-10-4-9-23-25/h2-6,9-10,15-17,20H,7-8,11-14H2,1H3,(H2,22,24,26). The molecule has 0 aliphatic heterocycles. The smallest absolute Gasteiger partial charge is 0.315 e. The summed E-state index contributed by atoms with van der Waals surface area (Å²) < 4.78 is 1.90. The third-order valence-corrected chi connectivity index (χ3v) is 6.24. The molecule has 1 aromatic heterocycles. The van der Waals surface area contributed by atoms with Crippen molar-refractivity contribution in [2.75, 3.05) is 0 Å². The Morgan fingerprint density at radius 1 is 1.23 bits per heavy atom. The minimum atomic E-state index is -0.0610. The fraction of sp³-hybridized carbons (Fsp3) is 0.524. The molecule has 26 heavy (non-hydrogen) atoms. The molecular weight excluding hydrogens is 324 g/mol. The zero-order valence-electron chi connectivity index (χ0n) is 15.4. The van der Waals surface area contributed by atoms with Crippen LogP contribution in [0.1, 0.15) is 43.7 Å². The van der Waals surface area contributed by atoms with Gasteiger partial charge in [-0.2, -0.15) is 5.10 Å². The van der Waals surface area contributed by atoms with E-state index >= 15 is 0 Å². The zero-order chi connectivity index (χ0) is 17.9. The number of nitrogens with one attached hydrogen (secondary N) is 2. The van der Waals surface area contributed by atoms with Crippen molar-refractivity contribution in [3.63, 3.8) is 0 Å². The van der Waals surface area contributed by atoms with Gasteiger partial charge in [0.15, 0.2) is 0 Å². The van der Waals surface area contributed by atoms with E-state index in [9.17, 15) is 4.79 Å². The summed E-state index contributed by atoms with van der Waals surface area (Å²) in [6, 6.07) is 10.3. The third kappa shape index (κ3) is 3.76. The van der Waals surface area contributed by atoms with Crippen molar-refractivity contribution < 1.29 is 4.79 Å². The number of nitrogens with zero attached hydrogens (tertiary/aromatic N) is 2. The molecule has 2 fully saturated rings. The minimum absolute atomic E-state index is 0.0610. The summed E-state index contributed by atoms with van der Waals surface area (Å²) in [4.78, 5) is 12.4. The molecule has 4 unspecified atom stereocenters. The average Bonchev–Trinajstić information content (AvgIpc) is 3.39. The van der Waals surface area contributed by atoms with Gasteiger partial charge in [-0.3, -0.25) is 4.68 Å². The summed E-state index contributed by atoms with van der Waals surface area (Å²) in [5.74, 6) is 2.39. The molecule has 4 rings (SSSR count). The van der Waals surface area contributed by atoms with E-state index in [0.29, 0.717) is 19.0 Å². The van der Waals surface area contributed by atoms with Crippen LogP contribution in [0.4, 0.5) is 4.79 Å². The molecule has 2 bridgehead atoms. The second kappa shape index (κ2) is 7.52. The fourth-order valence-corrected chi connectivity index (χ4v) is 4.90. The van der Waals surface area contributed by atoms with E-state index in [1.54, 1.807) is 6.20 Å². The lowest BCUT2D eigenvalue weighted by Crippen LogP contribution is -2.45. The molecule has 1 heterocycles. The summed E-state index contributed by atoms with van der Waals surface area (Å²) in [5, 5.41) is 10.5. The van der Waals surface area contributed by atoms with Gasteiger partial charge in [0.05, 0.1) is 6.54 Å². The Morgan fingerprint density at radius 2 is 2.08 bits per heavy atom. The average molecular weight is 352 g/mol. The van der Waals surface area contributed by atoms with Gasteiger partial charge < -0.3 is 10.6 Å². The Morgan fingerprint density at radius 3 is 2.77 bits per heavy atom. The lowest BCUT2D eigenvalue weighted by atomic mass is 9.84. The summed E-state index contributed by atoms with van der Waals surface area (Å²) in [6.45, 7) is 3.41. The van der Waals surface area contributed by atoms with E-state index in [1.165, 1.54) is 31.2 Å². The first-order chi connectivity index (χ1) is 12.7. The predicted octanol–water partition coefficient (Wildman–Crippen LogP) is 3.56. The topological polar surface area (TPSA) is 59.0 Å². The van der Waals surface area contributed by atoms with Gasteiger partial charge in [0.25, 0.3) is 0 Å². The van der Waals surface area contributed by atoms with E-state index in [0.717, 1.165) is 17.4 Å². The molecule has 2 aliphatic carbocycles. The highest BCUT2D eigenvalue weighted by Gasteiger charge is 2.42. The third-order valence-electron chi connectivity index (χ3n) is 6.24. The Labute approximate surface area is 155 Å². The summed E-state index contributed by atoms with van der Waals surface area (Å²) >= 11 is 0. The molecule has 0 radical (unpaired) electrons. The number of hydrogen-bond donors (Lipinski definition) is 2. The van der Waals surface area contributed by atoms with Crippen molar-refractivity contribution in [2.24, 2.45) is 17.8 Å². The van der Waals surface area contributed by atoms with E-state index in [-0.39, 0.29) is 12.1 Å². The van der Waals surface area contributed by atoms with E-state index < -0.39 is 0 Å². The Balaban J connectivity index is 1.30. The zero-order valence-corrected chi connectivity index (χ0v) is 15.4. The first-order valence-electron chi connectivity index (χ1n) is 9.77. The van der Waals surface area contributed by atoms with Crippen molar-refractivity contribution >= 4 is 6.03 Å². The van der Waals surface area contributed by atoms with Crippen LogP contribution in [0.3, 0.4) is 0 Å². The van der Waals surface area contributed by atoms with Crippen LogP contribution in [0.15, 0.2) is 42.7 Å². The molecule has 2 N–H and O–H groups in total. The Bertz CT molecular complexity index is 742. The quantitative estimate of drug-likeness (QED) is 0.835. The van der Waals surface area contributed by atoms with Gasteiger partial charge >= 0.3 is 6.03 Å². The maximum atomic E-state index is 12.4. The van der Waals surface area contributed by atoms with Crippen LogP contribution < -0.4 is 10.6 Å². The first-order valence-corrected chi connectivity index (χ1v) is 9.77. The largest absolute Gasteiger partial charge is 0.335 e. The number of carbonyl (C=O) groups is 1. The minimum Gasteiger partial charge on any atom is -0.335 e. The molecule has 2 amide bonds. The predicted molar refractivity (Wildman–Crippen MR) is 102 cm³/mol. The van der Waals surface area contributed by atoms with Gasteiger partial charge in [0, 0.05) is 25.0 Å². The van der Waals surface area contributed by atoms with E-state index in [2.05, 4.69) is 34.8 Å². The van der Waals surface area contributed by atoms with Crippen LogP contribution >= 0.6 is 0 Å². The molecule has 2 aromatic rings. The number of fused-ring (bicyclic) bond motifs is 2. The Kier molecular flexibility index (Phi) is 4.96. The molecule has 5 heteroatoms. The highest BCUT2D eigenvalue weighted by atomic mass is 16.2. The van der Waals surface area contributed by atoms with Crippen LogP contribution in [0, 0.1) is 17.8 Å². The molecule has 1 aromatic carbocycles. The monoisotopic (exact) mass is 352 g/mol. The Hall–Kier alpha value is -2.30. The molecule has 5 nitrogen and oxygen atoms in total. The maximum Gasteiger partial charge on any atom is 0.315 e. The van der Waals surface area contributed by atoms with Gasteiger partial charge in [-0.05, 0) is 61.1 Å². The number of rotatable bonds is 6. The molecule has 0 spiro atoms. The van der Waals surface area contributed by atoms with Gasteiger partial charge in [-0.1, -0.05) is 30.7 Å². The van der Waals surface area contributed by atoms with Gasteiger partial charge in [0.1, 0.15) is 0 Å². The van der Waals surface area contributed by atoms with Gasteiger partial charge in [-0.25, -0.2) is 4.79 Å². The molecule has 2 aliphatic rings. The van der Waals surface area contributed by atoms with Gasteiger partial charge in [0.2, 0.25) is 0 Å². The lowest BCUT2D eigenvalue weighted by molar-refractivity contribution is 0.220. The van der Waals surface area contributed by atoms with Crippen LogP contribution in [-0.2, 0) is 13.1 Å². The van der Waals surface area contributed by atoms with Crippen LogP contribution in [-0.4, -0.2) is 21.9 Å².